The Kier molecular flexibility index (Phi) is 3.19. The maximum atomic E-state index is 12.8. The van der Waals surface area contributed by atoms with Crippen LogP contribution in [0, 0.1) is 11.3 Å². The molecule has 0 aromatic heterocycles. The van der Waals surface area contributed by atoms with E-state index in [4.69, 9.17) is 0 Å². The van der Waals surface area contributed by atoms with Gasteiger partial charge in [0.05, 0.1) is 0 Å². The molecule has 2 amide bonds. The topological polar surface area (TPSA) is 49.4 Å². The molecule has 1 N–H and O–H groups in total. The van der Waals surface area contributed by atoms with E-state index in [1.165, 1.54) is 0 Å². The van der Waals surface area contributed by atoms with E-state index in [0.717, 1.165) is 12.8 Å². The summed E-state index contributed by atoms with van der Waals surface area (Å²) in [4.78, 5) is 27.3. The molecule has 2 unspecified atom stereocenters. The van der Waals surface area contributed by atoms with Crippen LogP contribution in [0.3, 0.4) is 0 Å². The van der Waals surface area contributed by atoms with Crippen molar-refractivity contribution in [3.05, 3.63) is 0 Å². The lowest BCUT2D eigenvalue weighted by Gasteiger charge is -2.51. The molecule has 0 bridgehead atoms. The first-order chi connectivity index (χ1) is 8.60. The molecule has 0 aromatic rings. The minimum atomic E-state index is -0.660. The predicted molar refractivity (Wildman–Crippen MR) is 74.5 cm³/mol. The largest absolute Gasteiger partial charge is 0.342 e. The van der Waals surface area contributed by atoms with Crippen LogP contribution in [-0.2, 0) is 9.59 Å². The standard InChI is InChI=1S/C15H26N2O2/c1-9(2)17-12(18)11(14(3,4)5)16-13(19)15(17,6)10-7-8-10/h9-11H,7-8H2,1-6H3,(H,16,19). The minimum Gasteiger partial charge on any atom is -0.342 e. The van der Waals surface area contributed by atoms with E-state index in [2.05, 4.69) is 5.32 Å². The van der Waals surface area contributed by atoms with Crippen LogP contribution in [0.15, 0.2) is 0 Å². The molecule has 1 saturated carbocycles. The van der Waals surface area contributed by atoms with Crippen molar-refractivity contribution in [1.82, 2.24) is 10.2 Å². The molecular formula is C15H26N2O2. The third-order valence-electron chi connectivity index (χ3n) is 4.47. The number of nitrogens with one attached hydrogen (secondary N) is 1. The van der Waals surface area contributed by atoms with Crippen molar-refractivity contribution in [3.63, 3.8) is 0 Å². The van der Waals surface area contributed by atoms with Gasteiger partial charge in [-0.2, -0.15) is 0 Å². The van der Waals surface area contributed by atoms with Gasteiger partial charge in [-0.1, -0.05) is 20.8 Å². The Labute approximate surface area is 115 Å². The molecule has 2 fully saturated rings. The lowest BCUT2D eigenvalue weighted by atomic mass is 9.79. The lowest BCUT2D eigenvalue weighted by Crippen LogP contribution is -2.73. The number of rotatable bonds is 2. The van der Waals surface area contributed by atoms with Gasteiger partial charge in [-0.05, 0) is 44.9 Å². The van der Waals surface area contributed by atoms with Gasteiger partial charge in [0.1, 0.15) is 11.6 Å². The second kappa shape index (κ2) is 4.22. The van der Waals surface area contributed by atoms with Crippen LogP contribution in [0.5, 0.6) is 0 Å². The fourth-order valence-corrected chi connectivity index (χ4v) is 3.22. The summed E-state index contributed by atoms with van der Waals surface area (Å²) in [6, 6.07) is -0.372. The minimum absolute atomic E-state index is 0.0169. The van der Waals surface area contributed by atoms with E-state index in [1.54, 1.807) is 0 Å². The van der Waals surface area contributed by atoms with Crippen LogP contribution in [0.1, 0.15) is 54.4 Å². The number of piperazine rings is 1. The molecule has 1 aliphatic carbocycles. The Balaban J connectivity index is 2.41. The van der Waals surface area contributed by atoms with Gasteiger partial charge in [0.2, 0.25) is 11.8 Å². The van der Waals surface area contributed by atoms with Gasteiger partial charge in [-0.15, -0.1) is 0 Å². The summed E-state index contributed by atoms with van der Waals surface area (Å²) in [5, 5.41) is 2.97. The highest BCUT2D eigenvalue weighted by molar-refractivity contribution is 6.00. The Morgan fingerprint density at radius 3 is 2.16 bits per heavy atom. The van der Waals surface area contributed by atoms with Gasteiger partial charge >= 0.3 is 0 Å². The average molecular weight is 266 g/mol. The third kappa shape index (κ3) is 2.15. The Morgan fingerprint density at radius 1 is 1.26 bits per heavy atom. The molecule has 108 valence electrons. The normalized spacial score (nSPS) is 32.8. The zero-order valence-electron chi connectivity index (χ0n) is 12.9. The molecule has 1 saturated heterocycles. The number of hydrogen-bond donors (Lipinski definition) is 1. The number of hydrogen-bond acceptors (Lipinski definition) is 2. The van der Waals surface area contributed by atoms with Crippen molar-refractivity contribution in [2.24, 2.45) is 11.3 Å². The lowest BCUT2D eigenvalue weighted by molar-refractivity contribution is -0.163. The number of carbonyl (C=O) groups is 2. The maximum Gasteiger partial charge on any atom is 0.246 e. The highest BCUT2D eigenvalue weighted by Gasteiger charge is 2.59. The van der Waals surface area contributed by atoms with E-state index in [0.29, 0.717) is 5.92 Å². The first-order valence-corrected chi connectivity index (χ1v) is 7.24. The smallest absolute Gasteiger partial charge is 0.246 e. The average Bonchev–Trinajstić information content (AvgIpc) is 3.04. The van der Waals surface area contributed by atoms with Crippen LogP contribution in [-0.4, -0.2) is 34.3 Å². The first-order valence-electron chi connectivity index (χ1n) is 7.24. The molecule has 0 spiro atoms. The molecule has 4 heteroatoms. The van der Waals surface area contributed by atoms with Gasteiger partial charge in [-0.25, -0.2) is 0 Å². The third-order valence-corrected chi connectivity index (χ3v) is 4.47. The number of nitrogens with zero attached hydrogens (tertiary/aromatic N) is 1. The second-order valence-electron chi connectivity index (χ2n) is 7.50. The maximum absolute atomic E-state index is 12.8. The van der Waals surface area contributed by atoms with E-state index < -0.39 is 11.6 Å². The van der Waals surface area contributed by atoms with Gasteiger partial charge in [0.15, 0.2) is 0 Å². The van der Waals surface area contributed by atoms with Crippen LogP contribution >= 0.6 is 0 Å². The SMILES string of the molecule is CC(C)N1C(=O)C(C(C)(C)C)NC(=O)C1(C)C1CC1. The molecule has 1 aliphatic heterocycles. The first kappa shape index (κ1) is 14.4. The molecule has 2 rings (SSSR count). The summed E-state index contributed by atoms with van der Waals surface area (Å²) in [7, 11) is 0. The van der Waals surface area contributed by atoms with E-state index >= 15 is 0 Å². The van der Waals surface area contributed by atoms with Crippen molar-refractivity contribution >= 4 is 11.8 Å². The quantitative estimate of drug-likeness (QED) is 0.830. The molecular weight excluding hydrogens is 240 g/mol. The molecule has 19 heavy (non-hydrogen) atoms. The molecule has 2 aliphatic rings. The van der Waals surface area contributed by atoms with Crippen LogP contribution in [0.25, 0.3) is 0 Å². The number of amides is 2. The summed E-state index contributed by atoms with van der Waals surface area (Å²) in [5.41, 5.74) is -0.919. The van der Waals surface area contributed by atoms with Gasteiger partial charge in [0.25, 0.3) is 0 Å². The fraction of sp³-hybridized carbons (Fsp3) is 0.867. The Bertz CT molecular complexity index is 407. The van der Waals surface area contributed by atoms with Crippen molar-refractivity contribution in [3.8, 4) is 0 Å². The predicted octanol–water partition coefficient (Wildman–Crippen LogP) is 1.94. The summed E-state index contributed by atoms with van der Waals surface area (Å²) in [6.45, 7) is 11.9. The van der Waals surface area contributed by atoms with Gasteiger partial charge in [0, 0.05) is 6.04 Å². The zero-order valence-corrected chi connectivity index (χ0v) is 12.9. The summed E-state index contributed by atoms with van der Waals surface area (Å²) >= 11 is 0. The van der Waals surface area contributed by atoms with Crippen LogP contribution in [0.4, 0.5) is 0 Å². The summed E-state index contributed by atoms with van der Waals surface area (Å²) < 4.78 is 0. The van der Waals surface area contributed by atoms with Crippen molar-refractivity contribution < 1.29 is 9.59 Å². The monoisotopic (exact) mass is 266 g/mol. The molecule has 1 heterocycles. The summed E-state index contributed by atoms with van der Waals surface area (Å²) in [6.07, 6.45) is 2.08. The summed E-state index contributed by atoms with van der Waals surface area (Å²) in [5.74, 6) is 0.402. The molecule has 0 radical (unpaired) electrons. The van der Waals surface area contributed by atoms with Crippen molar-refractivity contribution in [2.75, 3.05) is 0 Å². The van der Waals surface area contributed by atoms with Gasteiger partial charge in [-0.3, -0.25) is 9.59 Å². The molecule has 4 nitrogen and oxygen atoms in total. The second-order valence-corrected chi connectivity index (χ2v) is 7.50. The number of carbonyl (C=O) groups excluding carboxylic acids is 2. The zero-order chi connectivity index (χ0) is 14.6. The van der Waals surface area contributed by atoms with E-state index in [-0.39, 0.29) is 23.3 Å². The van der Waals surface area contributed by atoms with E-state index in [9.17, 15) is 9.59 Å². The fourth-order valence-electron chi connectivity index (χ4n) is 3.22. The van der Waals surface area contributed by atoms with Crippen molar-refractivity contribution in [1.29, 1.82) is 0 Å². The Hall–Kier alpha value is -1.06. The van der Waals surface area contributed by atoms with Crippen molar-refractivity contribution in [2.45, 2.75) is 72.0 Å². The molecule has 2 atom stereocenters. The highest BCUT2D eigenvalue weighted by atomic mass is 16.2. The van der Waals surface area contributed by atoms with E-state index in [1.807, 2.05) is 46.4 Å². The van der Waals surface area contributed by atoms with Gasteiger partial charge < -0.3 is 10.2 Å². The molecule has 0 aromatic carbocycles. The Morgan fingerprint density at radius 2 is 1.79 bits per heavy atom. The van der Waals surface area contributed by atoms with Crippen LogP contribution < -0.4 is 5.32 Å². The highest BCUT2D eigenvalue weighted by Crippen LogP contribution is 2.46. The van der Waals surface area contributed by atoms with Crippen LogP contribution in [0.2, 0.25) is 0 Å².